The van der Waals surface area contributed by atoms with Gasteiger partial charge in [0.25, 0.3) is 5.91 Å². The third-order valence-electron chi connectivity index (χ3n) is 5.04. The van der Waals surface area contributed by atoms with Gasteiger partial charge in [-0.05, 0) is 43.7 Å². The molecule has 26 heavy (non-hydrogen) atoms. The van der Waals surface area contributed by atoms with Crippen LogP contribution in [0.1, 0.15) is 35.2 Å². The lowest BCUT2D eigenvalue weighted by molar-refractivity contribution is 0.0927. The minimum atomic E-state index is -3.73. The van der Waals surface area contributed by atoms with Crippen molar-refractivity contribution in [1.82, 2.24) is 10.0 Å². The zero-order valence-corrected chi connectivity index (χ0v) is 16.0. The second kappa shape index (κ2) is 7.39. The summed E-state index contributed by atoms with van der Waals surface area (Å²) in [4.78, 5) is 12.5. The maximum Gasteiger partial charge on any atom is 0.251 e. The van der Waals surface area contributed by atoms with Gasteiger partial charge >= 0.3 is 0 Å². The van der Waals surface area contributed by atoms with Crippen LogP contribution in [-0.4, -0.2) is 27.9 Å². The van der Waals surface area contributed by atoms with Crippen molar-refractivity contribution in [2.45, 2.75) is 29.6 Å². The van der Waals surface area contributed by atoms with Crippen LogP contribution in [0.2, 0.25) is 5.02 Å². The fraction of sp³-hybridized carbons (Fsp3) is 0.316. The first-order valence-electron chi connectivity index (χ1n) is 8.45. The molecule has 1 amide bonds. The Bertz CT molecular complexity index is 910. The topological polar surface area (TPSA) is 75.3 Å². The highest BCUT2D eigenvalue weighted by Gasteiger charge is 2.38. The van der Waals surface area contributed by atoms with Crippen molar-refractivity contribution in [3.63, 3.8) is 0 Å². The van der Waals surface area contributed by atoms with E-state index in [4.69, 9.17) is 11.6 Å². The molecule has 2 N–H and O–H groups in total. The molecule has 1 saturated carbocycles. The third-order valence-corrected chi connectivity index (χ3v) is 6.93. The number of carbonyl (C=O) groups excluding carboxylic acids is 1. The molecule has 1 fully saturated rings. The lowest BCUT2D eigenvalue weighted by Crippen LogP contribution is -2.45. The van der Waals surface area contributed by atoms with Crippen LogP contribution in [0.3, 0.4) is 0 Å². The summed E-state index contributed by atoms with van der Waals surface area (Å²) in [5, 5.41) is 3.04. The highest BCUT2D eigenvalue weighted by atomic mass is 35.5. The Balaban J connectivity index is 1.78. The fourth-order valence-electron chi connectivity index (χ4n) is 3.27. The Hall–Kier alpha value is -1.89. The molecule has 3 rings (SSSR count). The molecule has 1 aliphatic carbocycles. The van der Waals surface area contributed by atoms with Gasteiger partial charge in [0, 0.05) is 17.5 Å². The molecule has 0 atom stereocenters. The van der Waals surface area contributed by atoms with Crippen molar-refractivity contribution in [2.24, 2.45) is 0 Å². The molecule has 1 aliphatic rings. The van der Waals surface area contributed by atoms with Gasteiger partial charge in [0.15, 0.2) is 0 Å². The standard InChI is InChI=1S/C19H21ClN2O3S/c1-21-26(24,25)17-12-14(8-9-16(17)20)18(23)22-13-19(10-5-11-19)15-6-3-2-4-7-15/h2-4,6-9,12,21H,5,10-11,13H2,1H3,(H,22,23). The maximum absolute atomic E-state index is 12.6. The molecule has 0 aromatic heterocycles. The minimum absolute atomic E-state index is 0.0385. The largest absolute Gasteiger partial charge is 0.351 e. The molecule has 0 aliphatic heterocycles. The number of nitrogens with one attached hydrogen (secondary N) is 2. The number of amides is 1. The second-order valence-electron chi connectivity index (χ2n) is 6.54. The van der Waals surface area contributed by atoms with Crippen LogP contribution in [0.25, 0.3) is 0 Å². The first kappa shape index (κ1) is 18.9. The Morgan fingerprint density at radius 3 is 2.42 bits per heavy atom. The molecule has 0 radical (unpaired) electrons. The van der Waals surface area contributed by atoms with E-state index in [-0.39, 0.29) is 26.8 Å². The van der Waals surface area contributed by atoms with Crippen LogP contribution in [-0.2, 0) is 15.4 Å². The average molecular weight is 393 g/mol. The molecule has 7 heteroatoms. The highest BCUT2D eigenvalue weighted by Crippen LogP contribution is 2.43. The first-order chi connectivity index (χ1) is 12.4. The summed E-state index contributed by atoms with van der Waals surface area (Å²) in [6, 6.07) is 14.4. The SMILES string of the molecule is CNS(=O)(=O)c1cc(C(=O)NCC2(c3ccccc3)CCC2)ccc1Cl. The summed E-state index contributed by atoms with van der Waals surface area (Å²) < 4.78 is 26.3. The number of halogens is 1. The van der Waals surface area contributed by atoms with Crippen molar-refractivity contribution in [1.29, 1.82) is 0 Å². The molecule has 138 valence electrons. The molecule has 0 spiro atoms. The molecule has 0 bridgehead atoms. The van der Waals surface area contributed by atoms with E-state index < -0.39 is 10.0 Å². The summed E-state index contributed by atoms with van der Waals surface area (Å²) >= 11 is 5.97. The Morgan fingerprint density at radius 2 is 1.85 bits per heavy atom. The molecular formula is C19H21ClN2O3S. The molecule has 2 aromatic carbocycles. The number of benzene rings is 2. The van der Waals surface area contributed by atoms with Gasteiger partial charge in [0.1, 0.15) is 4.90 Å². The van der Waals surface area contributed by atoms with Crippen LogP contribution in [0.15, 0.2) is 53.4 Å². The Kier molecular flexibility index (Phi) is 5.37. The van der Waals surface area contributed by atoms with Crippen LogP contribution in [0, 0.1) is 0 Å². The lowest BCUT2D eigenvalue weighted by Gasteiger charge is -2.42. The van der Waals surface area contributed by atoms with Gasteiger partial charge in [-0.3, -0.25) is 4.79 Å². The van der Waals surface area contributed by atoms with Crippen molar-refractivity contribution < 1.29 is 13.2 Å². The zero-order valence-electron chi connectivity index (χ0n) is 14.5. The number of carbonyl (C=O) groups is 1. The van der Waals surface area contributed by atoms with E-state index in [9.17, 15) is 13.2 Å². The van der Waals surface area contributed by atoms with Crippen molar-refractivity contribution >= 4 is 27.5 Å². The monoisotopic (exact) mass is 392 g/mol. The highest BCUT2D eigenvalue weighted by molar-refractivity contribution is 7.89. The predicted octanol–water partition coefficient (Wildman–Crippen LogP) is 3.10. The van der Waals surface area contributed by atoms with Gasteiger partial charge in [-0.15, -0.1) is 0 Å². The Labute approximate surface area is 158 Å². The molecule has 5 nitrogen and oxygen atoms in total. The molecular weight excluding hydrogens is 372 g/mol. The number of hydrogen-bond acceptors (Lipinski definition) is 3. The van der Waals surface area contributed by atoms with Gasteiger partial charge in [0.2, 0.25) is 10.0 Å². The summed E-state index contributed by atoms with van der Waals surface area (Å²) in [7, 11) is -2.42. The van der Waals surface area contributed by atoms with E-state index in [0.29, 0.717) is 6.54 Å². The Morgan fingerprint density at radius 1 is 1.15 bits per heavy atom. The summed E-state index contributed by atoms with van der Waals surface area (Å²) in [6.45, 7) is 0.520. The van der Waals surface area contributed by atoms with E-state index in [1.54, 1.807) is 0 Å². The summed E-state index contributed by atoms with van der Waals surface area (Å²) in [6.07, 6.45) is 3.19. The number of hydrogen-bond donors (Lipinski definition) is 2. The van der Waals surface area contributed by atoms with Gasteiger partial charge in [-0.2, -0.15) is 0 Å². The maximum atomic E-state index is 12.6. The normalized spacial score (nSPS) is 15.9. The third kappa shape index (κ3) is 3.63. The molecule has 0 unspecified atom stereocenters. The molecule has 2 aromatic rings. The molecule has 0 heterocycles. The summed E-state index contributed by atoms with van der Waals surface area (Å²) in [5.74, 6) is -0.309. The van der Waals surface area contributed by atoms with E-state index >= 15 is 0 Å². The van der Waals surface area contributed by atoms with E-state index in [1.807, 2.05) is 18.2 Å². The van der Waals surface area contributed by atoms with Gasteiger partial charge in [-0.1, -0.05) is 48.4 Å². The zero-order chi connectivity index (χ0) is 18.8. The van der Waals surface area contributed by atoms with E-state index in [2.05, 4.69) is 22.2 Å². The van der Waals surface area contributed by atoms with E-state index in [0.717, 1.165) is 19.3 Å². The lowest BCUT2D eigenvalue weighted by atomic mass is 9.64. The van der Waals surface area contributed by atoms with Crippen LogP contribution >= 0.6 is 11.6 Å². The van der Waals surface area contributed by atoms with Crippen molar-refractivity contribution in [3.8, 4) is 0 Å². The quantitative estimate of drug-likeness (QED) is 0.793. The van der Waals surface area contributed by atoms with Crippen LogP contribution < -0.4 is 10.0 Å². The average Bonchev–Trinajstić information content (AvgIpc) is 2.61. The van der Waals surface area contributed by atoms with Crippen molar-refractivity contribution in [2.75, 3.05) is 13.6 Å². The minimum Gasteiger partial charge on any atom is -0.351 e. The fourth-order valence-corrected chi connectivity index (χ4v) is 4.52. The van der Waals surface area contributed by atoms with Crippen molar-refractivity contribution in [3.05, 3.63) is 64.7 Å². The number of rotatable bonds is 6. The van der Waals surface area contributed by atoms with Gasteiger partial charge < -0.3 is 5.32 Å². The number of sulfonamides is 1. The van der Waals surface area contributed by atoms with E-state index in [1.165, 1.54) is 30.8 Å². The summed E-state index contributed by atoms with van der Waals surface area (Å²) in [5.41, 5.74) is 1.45. The smallest absolute Gasteiger partial charge is 0.251 e. The van der Waals surface area contributed by atoms with Gasteiger partial charge in [-0.25, -0.2) is 13.1 Å². The second-order valence-corrected chi connectivity index (χ2v) is 8.80. The van der Waals surface area contributed by atoms with Gasteiger partial charge in [0.05, 0.1) is 5.02 Å². The van der Waals surface area contributed by atoms with Crippen LogP contribution in [0.5, 0.6) is 0 Å². The molecule has 0 saturated heterocycles. The van der Waals surface area contributed by atoms with Crippen LogP contribution in [0.4, 0.5) is 0 Å². The first-order valence-corrected chi connectivity index (χ1v) is 10.3. The predicted molar refractivity (Wildman–Crippen MR) is 102 cm³/mol.